The molecule has 0 spiro atoms. The Morgan fingerprint density at radius 2 is 2.00 bits per heavy atom. The molecule has 0 aliphatic carbocycles. The summed E-state index contributed by atoms with van der Waals surface area (Å²) in [6.45, 7) is 0.944. The van der Waals surface area contributed by atoms with E-state index < -0.39 is 0 Å². The van der Waals surface area contributed by atoms with Crippen molar-refractivity contribution in [1.29, 1.82) is 0 Å². The van der Waals surface area contributed by atoms with E-state index in [1.165, 1.54) is 7.11 Å². The third kappa shape index (κ3) is 4.37. The Morgan fingerprint density at radius 1 is 1.28 bits per heavy atom. The molecule has 0 saturated carbocycles. The van der Waals surface area contributed by atoms with Crippen LogP contribution in [0.25, 0.3) is 0 Å². The van der Waals surface area contributed by atoms with E-state index in [9.17, 15) is 4.79 Å². The Morgan fingerprint density at radius 3 is 2.61 bits per heavy atom. The van der Waals surface area contributed by atoms with Gasteiger partial charge < -0.3 is 14.8 Å². The van der Waals surface area contributed by atoms with Gasteiger partial charge in [0.1, 0.15) is 5.75 Å². The highest BCUT2D eigenvalue weighted by Gasteiger charge is 2.11. The molecule has 0 aliphatic rings. The second kappa shape index (κ2) is 7.46. The number of carbonyl (C=O) groups excluding carboxylic acids is 1. The molecule has 0 saturated heterocycles. The summed E-state index contributed by atoms with van der Waals surface area (Å²) < 4.78 is 9.87. The fraction of sp³-hybridized carbons (Fsp3) is 0.417. The first-order valence-electron chi connectivity index (χ1n) is 5.36. The zero-order valence-corrected chi connectivity index (χ0v) is 11.8. The number of nitrogens with one attached hydrogen (secondary N) is 1. The zero-order valence-electron chi connectivity index (χ0n) is 10.3. The van der Waals surface area contributed by atoms with Crippen LogP contribution in [0, 0.1) is 0 Å². The van der Waals surface area contributed by atoms with E-state index in [1.54, 1.807) is 19.2 Å². The summed E-state index contributed by atoms with van der Waals surface area (Å²) in [6.07, 6.45) is 0.173. The molecule has 4 nitrogen and oxygen atoms in total. The third-order valence-electron chi connectivity index (χ3n) is 2.30. The molecule has 1 aromatic rings. The largest absolute Gasteiger partial charge is 0.495 e. The molecule has 1 aromatic carbocycles. The van der Waals surface area contributed by atoms with Crippen LogP contribution >= 0.6 is 23.2 Å². The standard InChI is InChI=1S/C12H15Cl2NO3/c1-17-4-3-15-12(16)6-8-5-10(14)11(18-2)7-9(8)13/h5,7H,3-4,6H2,1-2H3,(H,15,16). The fourth-order valence-corrected chi connectivity index (χ4v) is 1.87. The number of carbonyl (C=O) groups is 1. The van der Waals surface area contributed by atoms with Crippen LogP contribution in [0.1, 0.15) is 5.56 Å². The molecule has 0 unspecified atom stereocenters. The summed E-state index contributed by atoms with van der Waals surface area (Å²) in [5.74, 6) is 0.361. The smallest absolute Gasteiger partial charge is 0.224 e. The molecular formula is C12H15Cl2NO3. The van der Waals surface area contributed by atoms with E-state index in [-0.39, 0.29) is 12.3 Å². The van der Waals surface area contributed by atoms with Crippen LogP contribution in [0.4, 0.5) is 0 Å². The SMILES string of the molecule is COCCNC(=O)Cc1cc(Cl)c(OC)cc1Cl. The number of hydrogen-bond acceptors (Lipinski definition) is 3. The number of halogens is 2. The average molecular weight is 292 g/mol. The van der Waals surface area contributed by atoms with Gasteiger partial charge in [0.2, 0.25) is 5.91 Å². The van der Waals surface area contributed by atoms with E-state index in [0.717, 1.165) is 0 Å². The second-order valence-corrected chi connectivity index (χ2v) is 4.41. The van der Waals surface area contributed by atoms with Gasteiger partial charge in [-0.05, 0) is 11.6 Å². The van der Waals surface area contributed by atoms with Crippen LogP contribution in [0.2, 0.25) is 10.0 Å². The average Bonchev–Trinajstić information content (AvgIpc) is 2.33. The van der Waals surface area contributed by atoms with Crippen molar-refractivity contribution in [3.05, 3.63) is 27.7 Å². The van der Waals surface area contributed by atoms with Crippen molar-refractivity contribution in [1.82, 2.24) is 5.32 Å². The molecule has 0 fully saturated rings. The van der Waals surface area contributed by atoms with Gasteiger partial charge >= 0.3 is 0 Å². The molecule has 6 heteroatoms. The Kier molecular flexibility index (Phi) is 6.25. The minimum Gasteiger partial charge on any atom is -0.495 e. The number of methoxy groups -OCH3 is 2. The molecule has 0 bridgehead atoms. The van der Waals surface area contributed by atoms with Gasteiger partial charge in [0.25, 0.3) is 0 Å². The van der Waals surface area contributed by atoms with Crippen molar-refractivity contribution in [2.75, 3.05) is 27.4 Å². The quantitative estimate of drug-likeness (QED) is 0.818. The predicted octanol–water partition coefficient (Wildman–Crippen LogP) is 2.31. The Balaban J connectivity index is 2.67. The van der Waals surface area contributed by atoms with Gasteiger partial charge in [0, 0.05) is 24.7 Å². The monoisotopic (exact) mass is 291 g/mol. The molecule has 1 rings (SSSR count). The van der Waals surface area contributed by atoms with E-state index >= 15 is 0 Å². The summed E-state index contributed by atoms with van der Waals surface area (Å²) in [5, 5.41) is 3.60. The topological polar surface area (TPSA) is 47.6 Å². The van der Waals surface area contributed by atoms with Gasteiger partial charge in [-0.2, -0.15) is 0 Å². The Labute approximate surface area is 116 Å². The number of ether oxygens (including phenoxy) is 2. The Bertz CT molecular complexity index is 424. The molecule has 18 heavy (non-hydrogen) atoms. The predicted molar refractivity (Wildman–Crippen MR) is 71.6 cm³/mol. The summed E-state index contributed by atoms with van der Waals surface area (Å²) in [5.41, 5.74) is 0.664. The van der Waals surface area contributed by atoms with Gasteiger partial charge in [-0.1, -0.05) is 23.2 Å². The van der Waals surface area contributed by atoms with Crippen molar-refractivity contribution in [3.63, 3.8) is 0 Å². The number of benzene rings is 1. The summed E-state index contributed by atoms with van der Waals surface area (Å²) >= 11 is 12.0. The Hall–Kier alpha value is -0.970. The van der Waals surface area contributed by atoms with Gasteiger partial charge in [0.15, 0.2) is 0 Å². The van der Waals surface area contributed by atoms with E-state index in [1.807, 2.05) is 0 Å². The molecule has 0 radical (unpaired) electrons. The van der Waals surface area contributed by atoms with Crippen molar-refractivity contribution >= 4 is 29.1 Å². The van der Waals surface area contributed by atoms with Crippen LogP contribution in [-0.2, 0) is 16.0 Å². The van der Waals surface area contributed by atoms with Crippen molar-refractivity contribution < 1.29 is 14.3 Å². The van der Waals surface area contributed by atoms with E-state index in [0.29, 0.717) is 34.5 Å². The molecule has 0 aliphatic heterocycles. The molecule has 0 atom stereocenters. The number of hydrogen-bond donors (Lipinski definition) is 1. The first kappa shape index (κ1) is 15.1. The summed E-state index contributed by atoms with van der Waals surface area (Å²) in [4.78, 5) is 11.6. The normalized spacial score (nSPS) is 10.2. The molecule has 1 amide bonds. The maximum atomic E-state index is 11.6. The van der Waals surface area contributed by atoms with Crippen LogP contribution < -0.4 is 10.1 Å². The van der Waals surface area contributed by atoms with Crippen LogP contribution in [0.3, 0.4) is 0 Å². The van der Waals surface area contributed by atoms with E-state index in [4.69, 9.17) is 32.7 Å². The van der Waals surface area contributed by atoms with Crippen LogP contribution in [-0.4, -0.2) is 33.3 Å². The minimum atomic E-state index is -0.129. The van der Waals surface area contributed by atoms with Gasteiger partial charge in [-0.3, -0.25) is 4.79 Å². The highest BCUT2D eigenvalue weighted by atomic mass is 35.5. The fourth-order valence-electron chi connectivity index (χ4n) is 1.39. The van der Waals surface area contributed by atoms with E-state index in [2.05, 4.69) is 5.32 Å². The lowest BCUT2D eigenvalue weighted by Gasteiger charge is -2.09. The van der Waals surface area contributed by atoms with Crippen molar-refractivity contribution in [3.8, 4) is 5.75 Å². The van der Waals surface area contributed by atoms with Gasteiger partial charge in [0.05, 0.1) is 25.2 Å². The van der Waals surface area contributed by atoms with Crippen LogP contribution in [0.15, 0.2) is 12.1 Å². The molecule has 0 aromatic heterocycles. The zero-order chi connectivity index (χ0) is 13.5. The number of amides is 1. The highest BCUT2D eigenvalue weighted by Crippen LogP contribution is 2.31. The highest BCUT2D eigenvalue weighted by molar-refractivity contribution is 6.34. The van der Waals surface area contributed by atoms with Crippen molar-refractivity contribution in [2.45, 2.75) is 6.42 Å². The lowest BCUT2D eigenvalue weighted by Crippen LogP contribution is -2.28. The van der Waals surface area contributed by atoms with Crippen LogP contribution in [0.5, 0.6) is 5.75 Å². The minimum absolute atomic E-state index is 0.129. The first-order valence-corrected chi connectivity index (χ1v) is 6.11. The van der Waals surface area contributed by atoms with Gasteiger partial charge in [-0.15, -0.1) is 0 Å². The maximum Gasteiger partial charge on any atom is 0.224 e. The molecule has 1 N–H and O–H groups in total. The maximum absolute atomic E-state index is 11.6. The third-order valence-corrected chi connectivity index (χ3v) is 2.95. The lowest BCUT2D eigenvalue weighted by molar-refractivity contribution is -0.120. The van der Waals surface area contributed by atoms with Crippen molar-refractivity contribution in [2.24, 2.45) is 0 Å². The summed E-state index contributed by atoms with van der Waals surface area (Å²) in [7, 11) is 3.08. The summed E-state index contributed by atoms with van der Waals surface area (Å²) in [6, 6.07) is 3.24. The first-order chi connectivity index (χ1) is 8.58. The second-order valence-electron chi connectivity index (χ2n) is 3.60. The molecular weight excluding hydrogens is 277 g/mol. The number of rotatable bonds is 6. The molecule has 100 valence electrons. The van der Waals surface area contributed by atoms with Gasteiger partial charge in [-0.25, -0.2) is 0 Å². The molecule has 0 heterocycles. The lowest BCUT2D eigenvalue weighted by atomic mass is 10.1.